The second-order valence-electron chi connectivity index (χ2n) is 8.37. The van der Waals surface area contributed by atoms with E-state index in [9.17, 15) is 4.79 Å². The molecule has 1 aromatic carbocycles. The second kappa shape index (κ2) is 11.5. The Morgan fingerprint density at radius 1 is 1.16 bits per heavy atom. The van der Waals surface area contributed by atoms with E-state index in [1.54, 1.807) is 42.4 Å². The Kier molecular flexibility index (Phi) is 7.93. The lowest BCUT2D eigenvalue weighted by atomic mass is 10.0. The van der Waals surface area contributed by atoms with Crippen molar-refractivity contribution in [2.75, 3.05) is 13.7 Å². The van der Waals surface area contributed by atoms with Gasteiger partial charge in [0.25, 0.3) is 5.56 Å². The molecule has 0 saturated carbocycles. The molecule has 0 fully saturated rings. The van der Waals surface area contributed by atoms with Crippen molar-refractivity contribution in [1.29, 1.82) is 5.41 Å². The molecular weight excluding hydrogens is 462 g/mol. The minimum absolute atomic E-state index is 0.203. The van der Waals surface area contributed by atoms with Gasteiger partial charge in [0.05, 0.1) is 29.1 Å². The fraction of sp³-hybridized carbons (Fsp3) is 0.200. The van der Waals surface area contributed by atoms with E-state index >= 15 is 0 Å². The summed E-state index contributed by atoms with van der Waals surface area (Å²) in [4.78, 5) is 23.2. The molecule has 0 aliphatic heterocycles. The van der Waals surface area contributed by atoms with Crippen LogP contribution in [-0.4, -0.2) is 35.1 Å². The van der Waals surface area contributed by atoms with E-state index in [0.717, 1.165) is 28.6 Å². The van der Waals surface area contributed by atoms with Crippen LogP contribution in [0.25, 0.3) is 33.4 Å². The largest absolute Gasteiger partial charge is 0.478 e. The van der Waals surface area contributed by atoms with Crippen LogP contribution in [0.1, 0.15) is 32.8 Å². The van der Waals surface area contributed by atoms with Gasteiger partial charge >= 0.3 is 0 Å². The van der Waals surface area contributed by atoms with E-state index in [1.165, 1.54) is 0 Å². The molecule has 2 N–H and O–H groups in total. The minimum Gasteiger partial charge on any atom is -0.478 e. The Morgan fingerprint density at radius 3 is 2.62 bits per heavy atom. The highest BCUT2D eigenvalue weighted by molar-refractivity contribution is 6.12. The molecule has 2 aromatic heterocycles. The molecule has 37 heavy (non-hydrogen) atoms. The number of benzene rings is 1. The monoisotopic (exact) mass is 493 g/mol. The van der Waals surface area contributed by atoms with Crippen LogP contribution in [0.15, 0.2) is 88.5 Å². The Bertz CT molecular complexity index is 1540. The lowest BCUT2D eigenvalue weighted by Gasteiger charge is -2.16. The fourth-order valence-electron chi connectivity index (χ4n) is 4.22. The first kappa shape index (κ1) is 25.6. The quantitative estimate of drug-likeness (QED) is 0.386. The zero-order valence-corrected chi connectivity index (χ0v) is 21.6. The van der Waals surface area contributed by atoms with Crippen molar-refractivity contribution >= 4 is 34.2 Å². The molecule has 0 atom stereocenters. The minimum atomic E-state index is -0.203. The molecule has 0 spiro atoms. The van der Waals surface area contributed by atoms with E-state index in [-0.39, 0.29) is 5.56 Å². The van der Waals surface area contributed by atoms with Gasteiger partial charge < -0.3 is 15.5 Å². The van der Waals surface area contributed by atoms with E-state index in [4.69, 9.17) is 15.1 Å². The highest BCUT2D eigenvalue weighted by atomic mass is 16.5. The third-order valence-corrected chi connectivity index (χ3v) is 5.88. The summed E-state index contributed by atoms with van der Waals surface area (Å²) in [5.41, 5.74) is 5.22. The summed E-state index contributed by atoms with van der Waals surface area (Å²) in [6, 6.07) is 11.6. The van der Waals surface area contributed by atoms with Crippen LogP contribution in [-0.2, 0) is 0 Å². The van der Waals surface area contributed by atoms with Gasteiger partial charge in [-0.3, -0.25) is 14.4 Å². The number of aromatic nitrogens is 2. The van der Waals surface area contributed by atoms with Gasteiger partial charge in [-0.15, -0.1) is 0 Å². The summed E-state index contributed by atoms with van der Waals surface area (Å²) in [6.45, 7) is 6.35. The number of hydrogen-bond acceptors (Lipinski definition) is 6. The van der Waals surface area contributed by atoms with Crippen molar-refractivity contribution in [3.05, 3.63) is 94.6 Å². The van der Waals surface area contributed by atoms with Crippen LogP contribution < -0.4 is 15.6 Å². The SMILES string of the molecule is C/C=N\C(=C/CC)c1ccc(-c2c(=O)n(C3=C/C(=C/NC)C(=N)C=C3)cc3ccc(OCC)nc23)cc1. The van der Waals surface area contributed by atoms with Crippen LogP contribution in [0, 0.1) is 5.41 Å². The van der Waals surface area contributed by atoms with Gasteiger partial charge in [0.1, 0.15) is 0 Å². The standard InChI is InChI=1S/C30H31N5O2/c1-5-8-26(33-6-2)20-9-11-21(12-10-20)28-29-22(13-16-27(34-29)37-7-3)19-35(30(28)36)24-14-15-25(31)23(17-24)18-32-4/h6,8-19,31-32H,5,7H2,1-4H3/b23-18-,26-8-,31-25?,33-6-. The van der Waals surface area contributed by atoms with E-state index < -0.39 is 0 Å². The summed E-state index contributed by atoms with van der Waals surface area (Å²) < 4.78 is 7.26. The average molecular weight is 494 g/mol. The smallest absolute Gasteiger partial charge is 0.265 e. The normalized spacial score (nSPS) is 15.0. The molecular formula is C30H31N5O2. The van der Waals surface area contributed by atoms with Gasteiger partial charge in [-0.25, -0.2) is 4.98 Å². The summed E-state index contributed by atoms with van der Waals surface area (Å²) in [5.74, 6) is 0.472. The zero-order chi connectivity index (χ0) is 26.4. The van der Waals surface area contributed by atoms with Crippen LogP contribution in [0.2, 0.25) is 0 Å². The van der Waals surface area contributed by atoms with Crippen molar-refractivity contribution in [1.82, 2.24) is 14.9 Å². The number of nitrogens with zero attached hydrogens (tertiary/aromatic N) is 3. The molecule has 188 valence electrons. The van der Waals surface area contributed by atoms with E-state index in [2.05, 4.69) is 23.3 Å². The van der Waals surface area contributed by atoms with Gasteiger partial charge in [-0.2, -0.15) is 0 Å². The Hall–Kier alpha value is -4.52. The number of aliphatic imine (C=N–C) groups is 1. The van der Waals surface area contributed by atoms with E-state index in [0.29, 0.717) is 40.5 Å². The van der Waals surface area contributed by atoms with Crippen LogP contribution in [0.4, 0.5) is 0 Å². The van der Waals surface area contributed by atoms with Crippen molar-refractivity contribution in [2.24, 2.45) is 4.99 Å². The Morgan fingerprint density at radius 2 is 1.95 bits per heavy atom. The van der Waals surface area contributed by atoms with Crippen LogP contribution in [0.5, 0.6) is 5.88 Å². The number of nitrogens with one attached hydrogen (secondary N) is 2. The molecule has 7 nitrogen and oxygen atoms in total. The number of ether oxygens (including phenoxy) is 1. The molecule has 0 unspecified atom stereocenters. The third-order valence-electron chi connectivity index (χ3n) is 5.88. The average Bonchev–Trinajstić information content (AvgIpc) is 2.90. The van der Waals surface area contributed by atoms with Crippen molar-refractivity contribution in [2.45, 2.75) is 27.2 Å². The van der Waals surface area contributed by atoms with Crippen molar-refractivity contribution in [3.63, 3.8) is 0 Å². The first-order chi connectivity index (χ1) is 18.0. The van der Waals surface area contributed by atoms with Gasteiger partial charge in [0.2, 0.25) is 5.88 Å². The molecule has 0 amide bonds. The van der Waals surface area contributed by atoms with Gasteiger partial charge in [0.15, 0.2) is 0 Å². The Balaban J connectivity index is 1.94. The Labute approximate surface area is 216 Å². The summed E-state index contributed by atoms with van der Waals surface area (Å²) in [6.07, 6.45) is 13.6. The number of rotatable bonds is 8. The third kappa shape index (κ3) is 5.35. The lowest BCUT2D eigenvalue weighted by Crippen LogP contribution is -2.22. The van der Waals surface area contributed by atoms with Gasteiger partial charge in [0, 0.05) is 48.4 Å². The first-order valence-corrected chi connectivity index (χ1v) is 12.4. The number of fused-ring (bicyclic) bond motifs is 1. The molecule has 0 saturated heterocycles. The van der Waals surface area contributed by atoms with Crippen LogP contribution >= 0.6 is 0 Å². The second-order valence-corrected chi connectivity index (χ2v) is 8.37. The molecule has 7 heteroatoms. The molecule has 2 heterocycles. The maximum absolute atomic E-state index is 14.0. The highest BCUT2D eigenvalue weighted by Gasteiger charge is 2.18. The topological polar surface area (TPSA) is 92.4 Å². The fourth-order valence-corrected chi connectivity index (χ4v) is 4.22. The predicted molar refractivity (Wildman–Crippen MR) is 153 cm³/mol. The summed E-state index contributed by atoms with van der Waals surface area (Å²) >= 11 is 0. The van der Waals surface area contributed by atoms with Crippen molar-refractivity contribution in [3.8, 4) is 17.0 Å². The highest BCUT2D eigenvalue weighted by Crippen LogP contribution is 2.29. The number of pyridine rings is 2. The van der Waals surface area contributed by atoms with Gasteiger partial charge in [-0.1, -0.05) is 37.3 Å². The molecule has 4 rings (SSSR count). The number of allylic oxidation sites excluding steroid dienone is 6. The predicted octanol–water partition coefficient (Wildman–Crippen LogP) is 5.84. The van der Waals surface area contributed by atoms with E-state index in [1.807, 2.05) is 56.3 Å². The molecule has 0 bridgehead atoms. The molecule has 1 aliphatic carbocycles. The molecule has 0 radical (unpaired) electrons. The van der Waals surface area contributed by atoms with Crippen LogP contribution in [0.3, 0.4) is 0 Å². The molecule has 3 aromatic rings. The maximum atomic E-state index is 14.0. The van der Waals surface area contributed by atoms with Gasteiger partial charge in [-0.05, 0) is 55.7 Å². The maximum Gasteiger partial charge on any atom is 0.265 e. The summed E-state index contributed by atoms with van der Waals surface area (Å²) in [5, 5.41) is 11.9. The number of hydrogen-bond donors (Lipinski definition) is 2. The lowest BCUT2D eigenvalue weighted by molar-refractivity contribution is 0.328. The zero-order valence-electron chi connectivity index (χ0n) is 21.6. The van der Waals surface area contributed by atoms with Crippen molar-refractivity contribution < 1.29 is 4.74 Å². The summed E-state index contributed by atoms with van der Waals surface area (Å²) in [7, 11) is 1.78. The molecule has 1 aliphatic rings. The first-order valence-electron chi connectivity index (χ1n) is 12.4.